The molecule has 0 saturated heterocycles. The largest absolute Gasteiger partial charge is 0.366 e. The summed E-state index contributed by atoms with van der Waals surface area (Å²) >= 11 is 5.67. The van der Waals surface area contributed by atoms with E-state index in [1.54, 1.807) is 5.54 Å². The summed E-state index contributed by atoms with van der Waals surface area (Å²) in [6.07, 6.45) is 0.590. The van der Waals surface area contributed by atoms with Crippen molar-refractivity contribution in [2.24, 2.45) is 0 Å². The highest BCUT2D eigenvalue weighted by atomic mass is 35.5. The molecule has 0 aromatic heterocycles. The normalized spacial score (nSPS) is 16.2. The van der Waals surface area contributed by atoms with E-state index >= 15 is 0 Å². The smallest absolute Gasteiger partial charge is 0.166 e. The van der Waals surface area contributed by atoms with Crippen molar-refractivity contribution >= 4 is 23.1 Å². The van der Waals surface area contributed by atoms with Crippen molar-refractivity contribution in [2.45, 2.75) is 13.3 Å². The summed E-state index contributed by atoms with van der Waals surface area (Å²) in [5.41, 5.74) is 4.55. The van der Waals surface area contributed by atoms with Crippen LogP contribution in [-0.2, 0) is 0 Å². The number of hydrogen-bond donors (Lipinski definition) is 0. The van der Waals surface area contributed by atoms with E-state index in [-0.39, 0.29) is 5.78 Å². The van der Waals surface area contributed by atoms with E-state index in [1.165, 1.54) is 0 Å². The van der Waals surface area contributed by atoms with Crippen molar-refractivity contribution in [2.75, 3.05) is 18.0 Å². The number of ketones is 1. The highest BCUT2D eigenvalue weighted by Crippen LogP contribution is 2.27. The Morgan fingerprint density at radius 2 is 2.25 bits per heavy atom. The minimum absolute atomic E-state index is 0.236. The number of nitrogens with zero attached hydrogens (tertiary/aromatic N) is 1. The zero-order valence-electron chi connectivity index (χ0n) is 9.24. The van der Waals surface area contributed by atoms with Crippen molar-refractivity contribution < 1.29 is 4.79 Å². The van der Waals surface area contributed by atoms with E-state index in [0.717, 1.165) is 29.9 Å². The molecule has 2 rings (SSSR count). The maximum Gasteiger partial charge on any atom is 0.166 e. The van der Waals surface area contributed by atoms with E-state index < -0.39 is 0 Å². The van der Waals surface area contributed by atoms with E-state index in [0.29, 0.717) is 6.42 Å². The highest BCUT2D eigenvalue weighted by molar-refractivity contribution is 6.25. The molecule has 0 radical (unpaired) electrons. The Morgan fingerprint density at radius 3 is 3.00 bits per heavy atom. The summed E-state index contributed by atoms with van der Waals surface area (Å²) in [5, 5.41) is 0. The topological polar surface area (TPSA) is 20.3 Å². The van der Waals surface area contributed by atoms with E-state index in [1.807, 2.05) is 31.2 Å². The van der Waals surface area contributed by atoms with Gasteiger partial charge in [0.15, 0.2) is 5.78 Å². The molecule has 1 aromatic rings. The molecule has 0 spiro atoms. The van der Waals surface area contributed by atoms with Gasteiger partial charge >= 0.3 is 0 Å². The van der Waals surface area contributed by atoms with Crippen molar-refractivity contribution in [3.05, 3.63) is 40.9 Å². The summed E-state index contributed by atoms with van der Waals surface area (Å²) in [4.78, 5) is 13.9. The molecule has 1 aliphatic rings. The van der Waals surface area contributed by atoms with Crippen molar-refractivity contribution in [3.8, 4) is 0 Å². The summed E-state index contributed by atoms with van der Waals surface area (Å²) < 4.78 is 0. The molecule has 1 aromatic carbocycles. The summed E-state index contributed by atoms with van der Waals surface area (Å²) in [5.74, 6) is 0.236. The third-order valence-corrected chi connectivity index (χ3v) is 3.15. The van der Waals surface area contributed by atoms with Gasteiger partial charge in [-0.2, -0.15) is 0 Å². The molecule has 0 amide bonds. The summed E-state index contributed by atoms with van der Waals surface area (Å²) in [7, 11) is 0. The summed E-state index contributed by atoms with van der Waals surface area (Å²) in [6.45, 7) is 3.55. The average molecular weight is 236 g/mol. The Bertz CT molecular complexity index is 439. The van der Waals surface area contributed by atoms with Gasteiger partial charge < -0.3 is 4.90 Å². The van der Waals surface area contributed by atoms with Gasteiger partial charge in [-0.05, 0) is 24.6 Å². The number of halogens is 1. The Kier molecular flexibility index (Phi) is 3.30. The number of anilines is 1. The SMILES string of the molecule is C/C(=C/Cl)CN1CCC(=O)c2ccccc21. The third kappa shape index (κ3) is 2.12. The van der Waals surface area contributed by atoms with Crippen molar-refractivity contribution in [1.29, 1.82) is 0 Å². The van der Waals surface area contributed by atoms with Gasteiger partial charge in [0.2, 0.25) is 0 Å². The molecule has 16 heavy (non-hydrogen) atoms. The Balaban J connectivity index is 2.31. The van der Waals surface area contributed by atoms with Crippen LogP contribution in [0.25, 0.3) is 0 Å². The lowest BCUT2D eigenvalue weighted by molar-refractivity contribution is 0.0980. The lowest BCUT2D eigenvalue weighted by Crippen LogP contribution is -2.33. The number of fused-ring (bicyclic) bond motifs is 1. The first-order chi connectivity index (χ1) is 7.72. The third-order valence-electron chi connectivity index (χ3n) is 2.78. The molecule has 2 nitrogen and oxygen atoms in total. The van der Waals surface area contributed by atoms with Gasteiger partial charge in [0.1, 0.15) is 0 Å². The molecule has 1 aliphatic heterocycles. The number of rotatable bonds is 2. The molecule has 0 N–H and O–H groups in total. The maximum absolute atomic E-state index is 11.7. The number of hydrogen-bond acceptors (Lipinski definition) is 2. The number of para-hydroxylation sites is 1. The van der Waals surface area contributed by atoms with Gasteiger partial charge in [-0.3, -0.25) is 4.79 Å². The van der Waals surface area contributed by atoms with Crippen molar-refractivity contribution in [1.82, 2.24) is 0 Å². The molecule has 0 saturated carbocycles. The van der Waals surface area contributed by atoms with Crippen LogP contribution < -0.4 is 4.90 Å². The van der Waals surface area contributed by atoms with E-state index in [4.69, 9.17) is 11.6 Å². The van der Waals surface area contributed by atoms with Gasteiger partial charge in [0.05, 0.1) is 0 Å². The number of Topliss-reactive ketones (excluding diaryl/α,β-unsaturated/α-hetero) is 1. The first-order valence-corrected chi connectivity index (χ1v) is 5.79. The molecule has 0 bridgehead atoms. The standard InChI is InChI=1S/C13H14ClNO/c1-10(8-14)9-15-7-6-13(16)11-4-2-3-5-12(11)15/h2-5,8H,6-7,9H2,1H3/b10-8-. The van der Waals surface area contributed by atoms with E-state index in [9.17, 15) is 4.79 Å². The minimum atomic E-state index is 0.236. The predicted octanol–water partition coefficient (Wildman–Crippen LogP) is 3.22. The van der Waals surface area contributed by atoms with Crippen LogP contribution in [0.1, 0.15) is 23.7 Å². The fourth-order valence-corrected chi connectivity index (χ4v) is 2.05. The second-order valence-electron chi connectivity index (χ2n) is 4.07. The van der Waals surface area contributed by atoms with Gasteiger partial charge in [-0.25, -0.2) is 0 Å². The van der Waals surface area contributed by atoms with Crippen LogP contribution in [0, 0.1) is 0 Å². The first-order valence-electron chi connectivity index (χ1n) is 5.35. The van der Waals surface area contributed by atoms with Crippen LogP contribution in [0.3, 0.4) is 0 Å². The lowest BCUT2D eigenvalue weighted by atomic mass is 10.00. The maximum atomic E-state index is 11.7. The van der Waals surface area contributed by atoms with Crippen molar-refractivity contribution in [3.63, 3.8) is 0 Å². The number of carbonyl (C=O) groups is 1. The van der Waals surface area contributed by atoms with Crippen LogP contribution in [0.4, 0.5) is 5.69 Å². The number of benzene rings is 1. The molecule has 0 unspecified atom stereocenters. The van der Waals surface area contributed by atoms with Gasteiger partial charge in [0.25, 0.3) is 0 Å². The van der Waals surface area contributed by atoms with Crippen LogP contribution in [-0.4, -0.2) is 18.9 Å². The lowest BCUT2D eigenvalue weighted by Gasteiger charge is -2.30. The second kappa shape index (κ2) is 4.71. The second-order valence-corrected chi connectivity index (χ2v) is 4.29. The molecule has 3 heteroatoms. The predicted molar refractivity (Wildman–Crippen MR) is 67.2 cm³/mol. The highest BCUT2D eigenvalue weighted by Gasteiger charge is 2.22. The molecular formula is C13H14ClNO. The van der Waals surface area contributed by atoms with Crippen LogP contribution in [0.15, 0.2) is 35.4 Å². The minimum Gasteiger partial charge on any atom is -0.366 e. The molecule has 0 fully saturated rings. The van der Waals surface area contributed by atoms with Crippen LogP contribution in [0.5, 0.6) is 0 Å². The van der Waals surface area contributed by atoms with E-state index in [2.05, 4.69) is 4.90 Å². The first kappa shape index (κ1) is 11.2. The Hall–Kier alpha value is -1.28. The monoisotopic (exact) mass is 235 g/mol. The Labute approximate surface area is 101 Å². The van der Waals surface area contributed by atoms with Crippen LogP contribution in [0.2, 0.25) is 0 Å². The molecular weight excluding hydrogens is 222 g/mol. The molecule has 84 valence electrons. The molecule has 1 heterocycles. The zero-order chi connectivity index (χ0) is 11.5. The fourth-order valence-electron chi connectivity index (χ4n) is 1.98. The molecule has 0 aliphatic carbocycles. The number of carbonyl (C=O) groups excluding carboxylic acids is 1. The average Bonchev–Trinajstić information content (AvgIpc) is 2.33. The Morgan fingerprint density at radius 1 is 1.50 bits per heavy atom. The molecule has 0 atom stereocenters. The quantitative estimate of drug-likeness (QED) is 0.785. The summed E-state index contributed by atoms with van der Waals surface area (Å²) in [6, 6.07) is 7.76. The van der Waals surface area contributed by atoms with Gasteiger partial charge in [-0.15, -0.1) is 0 Å². The van der Waals surface area contributed by atoms with Gasteiger partial charge in [-0.1, -0.05) is 23.7 Å². The zero-order valence-corrected chi connectivity index (χ0v) is 10.00. The van der Waals surface area contributed by atoms with Crippen LogP contribution >= 0.6 is 11.6 Å². The fraction of sp³-hybridized carbons (Fsp3) is 0.308. The van der Waals surface area contributed by atoms with Gasteiger partial charge in [0, 0.05) is 36.3 Å².